The van der Waals surface area contributed by atoms with Gasteiger partial charge in [0.25, 0.3) is 0 Å². The average molecular weight is 227 g/mol. The summed E-state index contributed by atoms with van der Waals surface area (Å²) in [5.41, 5.74) is 9.95. The zero-order chi connectivity index (χ0) is 11.8. The number of rotatable bonds is 1. The average Bonchev–Trinajstić information content (AvgIpc) is 2.79. The van der Waals surface area contributed by atoms with E-state index in [1.54, 1.807) is 0 Å². The van der Waals surface area contributed by atoms with Gasteiger partial charge >= 0.3 is 0 Å². The standard InChI is InChI=1S/C14H13NO2/c1-9-6-10(2-4-12(9)15)11-3-5-13-14(7-11)17-8-16-13/h2-7H,8,15H2,1H3. The van der Waals surface area contributed by atoms with E-state index in [1.807, 2.05) is 37.3 Å². The number of hydrogen-bond acceptors (Lipinski definition) is 3. The Kier molecular flexibility index (Phi) is 2.18. The Morgan fingerprint density at radius 2 is 1.65 bits per heavy atom. The normalized spacial score (nSPS) is 12.8. The zero-order valence-corrected chi connectivity index (χ0v) is 9.57. The van der Waals surface area contributed by atoms with Gasteiger partial charge in [0.2, 0.25) is 6.79 Å². The highest BCUT2D eigenvalue weighted by Gasteiger charge is 2.13. The van der Waals surface area contributed by atoms with Crippen LogP contribution in [-0.4, -0.2) is 6.79 Å². The highest BCUT2D eigenvalue weighted by molar-refractivity contribution is 5.70. The number of anilines is 1. The molecule has 0 unspecified atom stereocenters. The molecule has 0 atom stereocenters. The van der Waals surface area contributed by atoms with E-state index in [4.69, 9.17) is 15.2 Å². The minimum atomic E-state index is 0.305. The predicted molar refractivity (Wildman–Crippen MR) is 67.2 cm³/mol. The Bertz CT molecular complexity index is 578. The van der Waals surface area contributed by atoms with Crippen LogP contribution in [0.5, 0.6) is 11.5 Å². The number of hydrogen-bond donors (Lipinski definition) is 1. The van der Waals surface area contributed by atoms with Crippen LogP contribution < -0.4 is 15.2 Å². The van der Waals surface area contributed by atoms with Crippen molar-refractivity contribution < 1.29 is 9.47 Å². The molecule has 0 radical (unpaired) electrons. The van der Waals surface area contributed by atoms with Crippen molar-refractivity contribution >= 4 is 5.69 Å². The van der Waals surface area contributed by atoms with Gasteiger partial charge in [0.05, 0.1) is 0 Å². The van der Waals surface area contributed by atoms with E-state index in [0.717, 1.165) is 33.9 Å². The molecular formula is C14H13NO2. The fourth-order valence-electron chi connectivity index (χ4n) is 1.93. The van der Waals surface area contributed by atoms with Crippen molar-refractivity contribution in [1.29, 1.82) is 0 Å². The molecule has 0 fully saturated rings. The van der Waals surface area contributed by atoms with E-state index < -0.39 is 0 Å². The van der Waals surface area contributed by atoms with Crippen molar-refractivity contribution in [3.05, 3.63) is 42.0 Å². The molecule has 3 heteroatoms. The third kappa shape index (κ3) is 1.69. The summed E-state index contributed by atoms with van der Waals surface area (Å²) in [6.45, 7) is 2.31. The monoisotopic (exact) mass is 227 g/mol. The Labute approximate surface area is 99.8 Å². The SMILES string of the molecule is Cc1cc(-c2ccc3c(c2)OCO3)ccc1N. The Morgan fingerprint density at radius 1 is 0.941 bits per heavy atom. The first-order valence-corrected chi connectivity index (χ1v) is 5.50. The third-order valence-corrected chi connectivity index (χ3v) is 2.98. The van der Waals surface area contributed by atoms with Gasteiger partial charge in [0, 0.05) is 5.69 Å². The molecule has 1 heterocycles. The molecule has 1 aliphatic rings. The Morgan fingerprint density at radius 3 is 2.47 bits per heavy atom. The van der Waals surface area contributed by atoms with Gasteiger partial charge < -0.3 is 15.2 Å². The van der Waals surface area contributed by atoms with Gasteiger partial charge in [-0.15, -0.1) is 0 Å². The van der Waals surface area contributed by atoms with Gasteiger partial charge in [-0.2, -0.15) is 0 Å². The van der Waals surface area contributed by atoms with Crippen molar-refractivity contribution in [3.63, 3.8) is 0 Å². The van der Waals surface area contributed by atoms with Crippen molar-refractivity contribution in [2.75, 3.05) is 12.5 Å². The Balaban J connectivity index is 2.06. The molecule has 1 aliphatic heterocycles. The van der Waals surface area contributed by atoms with Crippen molar-refractivity contribution in [1.82, 2.24) is 0 Å². The van der Waals surface area contributed by atoms with Crippen LogP contribution in [0.2, 0.25) is 0 Å². The number of nitrogens with two attached hydrogens (primary N) is 1. The molecule has 0 bridgehead atoms. The fourth-order valence-corrected chi connectivity index (χ4v) is 1.93. The van der Waals surface area contributed by atoms with Gasteiger partial charge in [0.1, 0.15) is 0 Å². The largest absolute Gasteiger partial charge is 0.454 e. The molecule has 2 aromatic carbocycles. The summed E-state index contributed by atoms with van der Waals surface area (Å²) >= 11 is 0. The molecular weight excluding hydrogens is 214 g/mol. The maximum absolute atomic E-state index is 5.81. The van der Waals surface area contributed by atoms with E-state index in [1.165, 1.54) is 0 Å². The number of benzene rings is 2. The van der Waals surface area contributed by atoms with Crippen molar-refractivity contribution in [2.24, 2.45) is 0 Å². The molecule has 3 nitrogen and oxygen atoms in total. The molecule has 0 saturated heterocycles. The van der Waals surface area contributed by atoms with Crippen molar-refractivity contribution in [2.45, 2.75) is 6.92 Å². The summed E-state index contributed by atoms with van der Waals surface area (Å²) in [5, 5.41) is 0. The summed E-state index contributed by atoms with van der Waals surface area (Å²) in [5.74, 6) is 1.61. The first-order valence-electron chi connectivity index (χ1n) is 5.50. The molecule has 3 rings (SSSR count). The smallest absolute Gasteiger partial charge is 0.231 e. The second kappa shape index (κ2) is 3.70. The fraction of sp³-hybridized carbons (Fsp3) is 0.143. The summed E-state index contributed by atoms with van der Waals surface area (Å²) in [7, 11) is 0. The minimum Gasteiger partial charge on any atom is -0.454 e. The highest BCUT2D eigenvalue weighted by Crippen LogP contribution is 2.36. The van der Waals surface area contributed by atoms with Gasteiger partial charge in [0.15, 0.2) is 11.5 Å². The number of ether oxygens (including phenoxy) is 2. The van der Waals surface area contributed by atoms with Crippen LogP contribution in [-0.2, 0) is 0 Å². The molecule has 86 valence electrons. The minimum absolute atomic E-state index is 0.305. The number of nitrogen functional groups attached to an aromatic ring is 1. The van der Waals surface area contributed by atoms with Crippen LogP contribution in [0.4, 0.5) is 5.69 Å². The van der Waals surface area contributed by atoms with Gasteiger partial charge in [-0.3, -0.25) is 0 Å². The molecule has 0 saturated carbocycles. The summed E-state index contributed by atoms with van der Waals surface area (Å²) in [6, 6.07) is 12.0. The maximum atomic E-state index is 5.81. The van der Waals surface area contributed by atoms with Crippen LogP contribution in [0.25, 0.3) is 11.1 Å². The van der Waals surface area contributed by atoms with Gasteiger partial charge in [-0.05, 0) is 47.9 Å². The number of aryl methyl sites for hydroxylation is 1. The first-order chi connectivity index (χ1) is 8.24. The van der Waals surface area contributed by atoms with Gasteiger partial charge in [-0.1, -0.05) is 12.1 Å². The lowest BCUT2D eigenvalue weighted by molar-refractivity contribution is 0.174. The second-order valence-electron chi connectivity index (χ2n) is 4.14. The lowest BCUT2D eigenvalue weighted by Gasteiger charge is -2.06. The van der Waals surface area contributed by atoms with Crippen LogP contribution in [0, 0.1) is 6.92 Å². The van der Waals surface area contributed by atoms with E-state index in [2.05, 4.69) is 6.07 Å². The van der Waals surface area contributed by atoms with Gasteiger partial charge in [-0.25, -0.2) is 0 Å². The number of fused-ring (bicyclic) bond motifs is 1. The van der Waals surface area contributed by atoms with Crippen LogP contribution in [0.1, 0.15) is 5.56 Å². The first kappa shape index (κ1) is 10.0. The van der Waals surface area contributed by atoms with E-state index in [0.29, 0.717) is 6.79 Å². The molecule has 17 heavy (non-hydrogen) atoms. The highest BCUT2D eigenvalue weighted by atomic mass is 16.7. The topological polar surface area (TPSA) is 44.5 Å². The predicted octanol–water partition coefficient (Wildman–Crippen LogP) is 2.97. The maximum Gasteiger partial charge on any atom is 0.231 e. The van der Waals surface area contributed by atoms with Crippen LogP contribution in [0.3, 0.4) is 0 Å². The van der Waals surface area contributed by atoms with E-state index in [-0.39, 0.29) is 0 Å². The summed E-state index contributed by atoms with van der Waals surface area (Å²) in [4.78, 5) is 0. The molecule has 0 spiro atoms. The lowest BCUT2D eigenvalue weighted by Crippen LogP contribution is -1.92. The lowest BCUT2D eigenvalue weighted by atomic mass is 10.0. The molecule has 0 amide bonds. The molecule has 2 aromatic rings. The molecule has 2 N–H and O–H groups in total. The third-order valence-electron chi connectivity index (χ3n) is 2.98. The Hall–Kier alpha value is -2.16. The van der Waals surface area contributed by atoms with E-state index in [9.17, 15) is 0 Å². The van der Waals surface area contributed by atoms with E-state index >= 15 is 0 Å². The second-order valence-corrected chi connectivity index (χ2v) is 4.14. The van der Waals surface area contributed by atoms with Crippen LogP contribution in [0.15, 0.2) is 36.4 Å². The molecule has 0 aromatic heterocycles. The molecule has 0 aliphatic carbocycles. The summed E-state index contributed by atoms with van der Waals surface area (Å²) < 4.78 is 10.7. The quantitative estimate of drug-likeness (QED) is 0.762. The van der Waals surface area contributed by atoms with Crippen molar-refractivity contribution in [3.8, 4) is 22.6 Å². The van der Waals surface area contributed by atoms with Crippen LogP contribution >= 0.6 is 0 Å². The zero-order valence-electron chi connectivity index (χ0n) is 9.57. The summed E-state index contributed by atoms with van der Waals surface area (Å²) in [6.07, 6.45) is 0.